The molecule has 0 atom stereocenters. The van der Waals surface area contributed by atoms with Gasteiger partial charge in [0, 0.05) is 26.1 Å². The van der Waals surface area contributed by atoms with Gasteiger partial charge in [0.2, 0.25) is 0 Å². The predicted octanol–water partition coefficient (Wildman–Crippen LogP) is 2.16. The molecule has 0 saturated heterocycles. The van der Waals surface area contributed by atoms with E-state index in [1.807, 2.05) is 0 Å². The van der Waals surface area contributed by atoms with Crippen molar-refractivity contribution in [1.29, 1.82) is 0 Å². The van der Waals surface area contributed by atoms with Crippen LogP contribution >= 0.6 is 0 Å². The Balaban J connectivity index is 2.59. The summed E-state index contributed by atoms with van der Waals surface area (Å²) in [7, 11) is 2.92. The van der Waals surface area contributed by atoms with Gasteiger partial charge in [-0.25, -0.2) is 9.18 Å². The molecule has 0 heterocycles. The number of nitrogens with one attached hydrogen (secondary N) is 1. The van der Waals surface area contributed by atoms with Crippen molar-refractivity contribution in [2.24, 2.45) is 0 Å². The standard InChI is InChI=1S/C13H17FN2O4/c1-16(7-3-4-12(17)18)13(19)15-10-6-5-9(14)8-11(10)20-2/h5-6,8H,3-4,7H2,1-2H3,(H,15,19)(H,17,18). The highest BCUT2D eigenvalue weighted by Gasteiger charge is 2.12. The molecule has 0 aliphatic heterocycles. The Morgan fingerprint density at radius 2 is 2.15 bits per heavy atom. The van der Waals surface area contributed by atoms with E-state index in [1.54, 1.807) is 7.05 Å². The molecule has 0 aliphatic rings. The number of aliphatic carboxylic acids is 1. The van der Waals surface area contributed by atoms with Crippen LogP contribution in [0.1, 0.15) is 12.8 Å². The first kappa shape index (κ1) is 15.7. The molecule has 1 aromatic rings. The Labute approximate surface area is 116 Å². The first-order valence-corrected chi connectivity index (χ1v) is 6.01. The van der Waals surface area contributed by atoms with E-state index in [-0.39, 0.29) is 12.2 Å². The van der Waals surface area contributed by atoms with Crippen LogP contribution in [0.15, 0.2) is 18.2 Å². The fourth-order valence-corrected chi connectivity index (χ4v) is 1.55. The summed E-state index contributed by atoms with van der Waals surface area (Å²) in [6.07, 6.45) is 0.358. The van der Waals surface area contributed by atoms with Crippen molar-refractivity contribution in [3.8, 4) is 5.75 Å². The van der Waals surface area contributed by atoms with E-state index in [2.05, 4.69) is 5.32 Å². The molecule has 0 radical (unpaired) electrons. The van der Waals surface area contributed by atoms with Crippen molar-refractivity contribution < 1.29 is 23.8 Å². The van der Waals surface area contributed by atoms with Crippen molar-refractivity contribution >= 4 is 17.7 Å². The summed E-state index contributed by atoms with van der Waals surface area (Å²) in [6, 6.07) is 3.36. The molecule has 7 heteroatoms. The van der Waals surface area contributed by atoms with Crippen LogP contribution in [-0.4, -0.2) is 42.7 Å². The highest BCUT2D eigenvalue weighted by molar-refractivity contribution is 5.90. The number of carbonyl (C=O) groups is 2. The van der Waals surface area contributed by atoms with Gasteiger partial charge in [-0.1, -0.05) is 0 Å². The number of ether oxygens (including phenoxy) is 1. The monoisotopic (exact) mass is 284 g/mol. The zero-order chi connectivity index (χ0) is 15.1. The van der Waals surface area contributed by atoms with Crippen LogP contribution in [0.25, 0.3) is 0 Å². The molecule has 0 saturated carbocycles. The van der Waals surface area contributed by atoms with Gasteiger partial charge in [0.05, 0.1) is 12.8 Å². The second-order valence-corrected chi connectivity index (χ2v) is 4.19. The molecular formula is C13H17FN2O4. The maximum atomic E-state index is 13.0. The summed E-state index contributed by atoms with van der Waals surface area (Å²) >= 11 is 0. The molecule has 0 fully saturated rings. The molecule has 110 valence electrons. The van der Waals surface area contributed by atoms with E-state index in [0.717, 1.165) is 0 Å². The second kappa shape index (κ2) is 7.32. The van der Waals surface area contributed by atoms with Crippen LogP contribution in [-0.2, 0) is 4.79 Å². The molecule has 0 bridgehead atoms. The quantitative estimate of drug-likeness (QED) is 0.839. The SMILES string of the molecule is COc1cc(F)ccc1NC(=O)N(C)CCCC(=O)O. The topological polar surface area (TPSA) is 78.9 Å². The van der Waals surface area contributed by atoms with Crippen molar-refractivity contribution in [1.82, 2.24) is 4.90 Å². The number of carboxylic acid groups (broad SMARTS) is 1. The number of urea groups is 1. The molecule has 0 unspecified atom stereocenters. The van der Waals surface area contributed by atoms with Gasteiger partial charge in [-0.2, -0.15) is 0 Å². The van der Waals surface area contributed by atoms with Crippen LogP contribution in [0.2, 0.25) is 0 Å². The summed E-state index contributed by atoms with van der Waals surface area (Å²) < 4.78 is 18.0. The van der Waals surface area contributed by atoms with Gasteiger partial charge in [-0.15, -0.1) is 0 Å². The Morgan fingerprint density at radius 3 is 2.75 bits per heavy atom. The largest absolute Gasteiger partial charge is 0.494 e. The third kappa shape index (κ3) is 4.75. The average molecular weight is 284 g/mol. The van der Waals surface area contributed by atoms with Crippen LogP contribution < -0.4 is 10.1 Å². The van der Waals surface area contributed by atoms with Crippen LogP contribution in [0.4, 0.5) is 14.9 Å². The van der Waals surface area contributed by atoms with Gasteiger partial charge in [0.25, 0.3) is 0 Å². The fraction of sp³-hybridized carbons (Fsp3) is 0.385. The van der Waals surface area contributed by atoms with Crippen molar-refractivity contribution in [3.63, 3.8) is 0 Å². The number of nitrogens with zero attached hydrogens (tertiary/aromatic N) is 1. The van der Waals surface area contributed by atoms with Gasteiger partial charge in [-0.3, -0.25) is 4.79 Å². The molecule has 6 nitrogen and oxygen atoms in total. The minimum atomic E-state index is -0.904. The predicted molar refractivity (Wildman–Crippen MR) is 71.5 cm³/mol. The number of rotatable bonds is 6. The average Bonchev–Trinajstić information content (AvgIpc) is 2.40. The van der Waals surface area contributed by atoms with Gasteiger partial charge in [0.15, 0.2) is 0 Å². The molecule has 1 aromatic carbocycles. The number of methoxy groups -OCH3 is 1. The van der Waals surface area contributed by atoms with Crippen LogP contribution in [0, 0.1) is 5.82 Å². The van der Waals surface area contributed by atoms with Gasteiger partial charge in [0.1, 0.15) is 11.6 Å². The summed E-state index contributed by atoms with van der Waals surface area (Å²) in [5, 5.41) is 11.1. The first-order valence-electron chi connectivity index (χ1n) is 6.01. The number of halogens is 1. The van der Waals surface area contributed by atoms with Crippen molar-refractivity contribution in [2.75, 3.05) is 26.0 Å². The number of hydrogen-bond acceptors (Lipinski definition) is 3. The van der Waals surface area contributed by atoms with E-state index in [4.69, 9.17) is 9.84 Å². The number of carboxylic acids is 1. The third-order valence-electron chi connectivity index (χ3n) is 2.64. The number of amides is 2. The fourth-order valence-electron chi connectivity index (χ4n) is 1.55. The Kier molecular flexibility index (Phi) is 5.76. The number of anilines is 1. The minimum Gasteiger partial charge on any atom is -0.494 e. The number of benzene rings is 1. The molecular weight excluding hydrogens is 267 g/mol. The molecule has 0 spiro atoms. The van der Waals surface area contributed by atoms with E-state index in [9.17, 15) is 14.0 Å². The lowest BCUT2D eigenvalue weighted by molar-refractivity contribution is -0.137. The maximum absolute atomic E-state index is 13.0. The maximum Gasteiger partial charge on any atom is 0.321 e. The minimum absolute atomic E-state index is 0.00249. The second-order valence-electron chi connectivity index (χ2n) is 4.19. The summed E-state index contributed by atoms with van der Waals surface area (Å²) in [6.45, 7) is 0.307. The lowest BCUT2D eigenvalue weighted by Crippen LogP contribution is -2.32. The van der Waals surface area contributed by atoms with Gasteiger partial charge < -0.3 is 20.1 Å². The van der Waals surface area contributed by atoms with E-state index < -0.39 is 17.8 Å². The molecule has 2 N–H and O–H groups in total. The molecule has 20 heavy (non-hydrogen) atoms. The molecule has 0 aliphatic carbocycles. The molecule has 1 rings (SSSR count). The normalized spacial score (nSPS) is 9.95. The van der Waals surface area contributed by atoms with Gasteiger partial charge in [-0.05, 0) is 18.6 Å². The zero-order valence-electron chi connectivity index (χ0n) is 11.4. The molecule has 0 aromatic heterocycles. The number of carbonyl (C=O) groups excluding carboxylic acids is 1. The van der Waals surface area contributed by atoms with Crippen molar-refractivity contribution in [2.45, 2.75) is 12.8 Å². The number of hydrogen-bond donors (Lipinski definition) is 2. The van der Waals surface area contributed by atoms with Crippen LogP contribution in [0.3, 0.4) is 0 Å². The Hall–Kier alpha value is -2.31. The zero-order valence-corrected chi connectivity index (χ0v) is 11.4. The summed E-state index contributed by atoms with van der Waals surface area (Å²) in [4.78, 5) is 23.6. The lowest BCUT2D eigenvalue weighted by Gasteiger charge is -2.18. The highest BCUT2D eigenvalue weighted by atomic mass is 19.1. The van der Waals surface area contributed by atoms with E-state index >= 15 is 0 Å². The first-order chi connectivity index (χ1) is 9.43. The Morgan fingerprint density at radius 1 is 1.45 bits per heavy atom. The summed E-state index contributed by atoms with van der Waals surface area (Å²) in [5.41, 5.74) is 0.351. The van der Waals surface area contributed by atoms with Crippen molar-refractivity contribution in [3.05, 3.63) is 24.0 Å². The van der Waals surface area contributed by atoms with Crippen LogP contribution in [0.5, 0.6) is 5.75 Å². The smallest absolute Gasteiger partial charge is 0.321 e. The van der Waals surface area contributed by atoms with Gasteiger partial charge >= 0.3 is 12.0 Å². The third-order valence-corrected chi connectivity index (χ3v) is 2.64. The lowest BCUT2D eigenvalue weighted by atomic mass is 10.3. The molecule has 2 amide bonds. The summed E-state index contributed by atoms with van der Waals surface area (Å²) in [5.74, 6) is -1.15. The van der Waals surface area contributed by atoms with E-state index in [1.165, 1.54) is 30.2 Å². The highest BCUT2D eigenvalue weighted by Crippen LogP contribution is 2.25. The Bertz CT molecular complexity index is 493. The van der Waals surface area contributed by atoms with E-state index in [0.29, 0.717) is 18.7 Å².